The molecular weight excluding hydrogens is 468 g/mol. The summed E-state index contributed by atoms with van der Waals surface area (Å²) in [4.78, 5) is 41.4. The van der Waals surface area contributed by atoms with Crippen molar-refractivity contribution in [1.82, 2.24) is 14.8 Å². The Morgan fingerprint density at radius 2 is 1.73 bits per heavy atom. The van der Waals surface area contributed by atoms with Crippen molar-refractivity contribution in [2.75, 3.05) is 5.43 Å². The molecule has 2 fully saturated rings. The molecule has 2 N–H and O–H groups in total. The number of fused-ring (bicyclic) bond motifs is 3. The zero-order valence-electron chi connectivity index (χ0n) is 21.6. The first-order valence-electron chi connectivity index (χ1n) is 13.0. The van der Waals surface area contributed by atoms with Crippen molar-refractivity contribution in [3.63, 3.8) is 0 Å². The third-order valence-electron chi connectivity index (χ3n) is 7.96. The van der Waals surface area contributed by atoms with Gasteiger partial charge in [-0.15, -0.1) is 4.79 Å². The lowest BCUT2D eigenvalue weighted by Gasteiger charge is -2.39. The lowest BCUT2D eigenvalue weighted by atomic mass is 9.86. The fourth-order valence-corrected chi connectivity index (χ4v) is 6.37. The summed E-state index contributed by atoms with van der Waals surface area (Å²) >= 11 is 0. The number of amides is 2. The third kappa shape index (κ3) is 4.84. The molecular formula is C29H34N4O4. The van der Waals surface area contributed by atoms with E-state index in [1.807, 2.05) is 51.1 Å². The highest BCUT2D eigenvalue weighted by atomic mass is 16.4. The van der Waals surface area contributed by atoms with E-state index in [4.69, 9.17) is 0 Å². The summed E-state index contributed by atoms with van der Waals surface area (Å²) < 4.78 is 0. The van der Waals surface area contributed by atoms with Crippen LogP contribution in [-0.4, -0.2) is 37.4 Å². The van der Waals surface area contributed by atoms with E-state index in [2.05, 4.69) is 10.5 Å². The molecule has 4 unspecified atom stereocenters. The molecule has 2 aliphatic carbocycles. The average molecular weight is 503 g/mol. The molecule has 1 heterocycles. The Kier molecular flexibility index (Phi) is 6.52. The highest BCUT2D eigenvalue weighted by Gasteiger charge is 2.40. The molecule has 0 saturated heterocycles. The summed E-state index contributed by atoms with van der Waals surface area (Å²) in [5.41, 5.74) is 2.62. The van der Waals surface area contributed by atoms with Gasteiger partial charge in [-0.2, -0.15) is 5.10 Å². The molecule has 2 saturated carbocycles. The van der Waals surface area contributed by atoms with E-state index >= 15 is 0 Å². The first kappa shape index (κ1) is 25.0. The van der Waals surface area contributed by atoms with Crippen molar-refractivity contribution in [2.45, 2.75) is 64.5 Å². The van der Waals surface area contributed by atoms with Gasteiger partial charge in [-0.05, 0) is 69.4 Å². The smallest absolute Gasteiger partial charge is 0.408 e. The molecule has 0 radical (unpaired) electrons. The fraction of sp³-hybridized carbons (Fsp3) is 0.448. The number of nitrogens with zero attached hydrogens (tertiary/aromatic N) is 3. The van der Waals surface area contributed by atoms with E-state index < -0.39 is 23.2 Å². The van der Waals surface area contributed by atoms with Crippen LogP contribution in [0.4, 0.5) is 4.79 Å². The van der Waals surface area contributed by atoms with Crippen molar-refractivity contribution < 1.29 is 14.7 Å². The van der Waals surface area contributed by atoms with E-state index in [1.165, 1.54) is 24.2 Å². The number of carbonyl (C=O) groups excluding carboxylic acids is 1. The maximum Gasteiger partial charge on any atom is 0.408 e. The molecule has 2 bridgehead atoms. The van der Waals surface area contributed by atoms with Crippen molar-refractivity contribution in [3.05, 3.63) is 76.2 Å². The standard InChI is InChI=1S/C29H34N4O4/c1-29(2,3)32(28(36)37)26(19-9-5-4-6-10-19)25-22-11-7-8-12-23(22)27(35)33(31-25)30-24(34)17-21-16-18-13-14-20(21)15-18/h4-12,18,20-21,26H,13-17H2,1-3H3,(H,30,34)(H,36,37). The highest BCUT2D eigenvalue weighted by Crippen LogP contribution is 2.49. The molecule has 0 spiro atoms. The van der Waals surface area contributed by atoms with Gasteiger partial charge < -0.3 is 5.11 Å². The number of hydrogen-bond acceptors (Lipinski definition) is 4. The van der Waals surface area contributed by atoms with Crippen LogP contribution in [0, 0.1) is 17.8 Å². The zero-order valence-corrected chi connectivity index (χ0v) is 21.6. The average Bonchev–Trinajstić information content (AvgIpc) is 3.47. The lowest BCUT2D eigenvalue weighted by Crippen LogP contribution is -2.48. The molecule has 3 aromatic rings. The quantitative estimate of drug-likeness (QED) is 0.484. The number of carbonyl (C=O) groups is 2. The molecule has 8 heteroatoms. The molecule has 194 valence electrons. The van der Waals surface area contributed by atoms with Crippen LogP contribution < -0.4 is 11.0 Å². The molecule has 8 nitrogen and oxygen atoms in total. The van der Waals surface area contributed by atoms with Gasteiger partial charge in [0.05, 0.1) is 11.1 Å². The van der Waals surface area contributed by atoms with E-state index in [0.29, 0.717) is 34.7 Å². The number of benzene rings is 2. The summed E-state index contributed by atoms with van der Waals surface area (Å²) in [6, 6.07) is 15.5. The van der Waals surface area contributed by atoms with E-state index in [-0.39, 0.29) is 5.91 Å². The fourth-order valence-electron chi connectivity index (χ4n) is 6.37. The minimum absolute atomic E-state index is 0.240. The molecule has 0 aliphatic heterocycles. The number of carboxylic acid groups (broad SMARTS) is 1. The normalized spacial score (nSPS) is 21.6. The summed E-state index contributed by atoms with van der Waals surface area (Å²) in [6.45, 7) is 5.48. The summed E-state index contributed by atoms with van der Waals surface area (Å²) in [5.74, 6) is 1.42. The van der Waals surface area contributed by atoms with Crippen LogP contribution in [0.25, 0.3) is 10.8 Å². The lowest BCUT2D eigenvalue weighted by molar-refractivity contribution is -0.118. The number of nitrogens with one attached hydrogen (secondary N) is 1. The summed E-state index contributed by atoms with van der Waals surface area (Å²) in [7, 11) is 0. The molecule has 4 atom stereocenters. The van der Waals surface area contributed by atoms with Crippen LogP contribution in [-0.2, 0) is 4.79 Å². The van der Waals surface area contributed by atoms with Crippen LogP contribution in [0.5, 0.6) is 0 Å². The number of hydrogen-bond donors (Lipinski definition) is 2. The first-order chi connectivity index (χ1) is 17.6. The summed E-state index contributed by atoms with van der Waals surface area (Å²) in [5, 5.41) is 15.9. The molecule has 1 aromatic heterocycles. The zero-order chi connectivity index (χ0) is 26.3. The Hall–Kier alpha value is -3.68. The van der Waals surface area contributed by atoms with Gasteiger partial charge >= 0.3 is 6.09 Å². The van der Waals surface area contributed by atoms with Gasteiger partial charge in [0.25, 0.3) is 5.56 Å². The van der Waals surface area contributed by atoms with Gasteiger partial charge in [0.1, 0.15) is 6.04 Å². The maximum atomic E-state index is 13.4. The van der Waals surface area contributed by atoms with Crippen molar-refractivity contribution >= 4 is 22.8 Å². The van der Waals surface area contributed by atoms with E-state index in [0.717, 1.165) is 22.7 Å². The largest absolute Gasteiger partial charge is 0.465 e. The molecule has 37 heavy (non-hydrogen) atoms. The molecule has 2 amide bonds. The molecule has 2 aliphatic rings. The predicted molar refractivity (Wildman–Crippen MR) is 142 cm³/mol. The Labute approximate surface area is 216 Å². The van der Waals surface area contributed by atoms with Gasteiger partial charge in [0.2, 0.25) is 5.91 Å². The Morgan fingerprint density at radius 1 is 1.05 bits per heavy atom. The van der Waals surface area contributed by atoms with Gasteiger partial charge in [-0.1, -0.05) is 55.0 Å². The summed E-state index contributed by atoms with van der Waals surface area (Å²) in [6.07, 6.45) is 3.96. The SMILES string of the molecule is CC(C)(C)N(C(=O)O)C(c1ccccc1)c1nn(NC(=O)CC2CC3CCC2C3)c(=O)c2ccccc12. The Bertz CT molecular complexity index is 1380. The minimum Gasteiger partial charge on any atom is -0.465 e. The Balaban J connectivity index is 1.60. The second kappa shape index (κ2) is 9.65. The second-order valence-electron chi connectivity index (χ2n) is 11.5. The van der Waals surface area contributed by atoms with E-state index in [1.54, 1.807) is 24.3 Å². The minimum atomic E-state index is -1.11. The van der Waals surface area contributed by atoms with Gasteiger partial charge in [0.15, 0.2) is 0 Å². The number of rotatable bonds is 6. The van der Waals surface area contributed by atoms with Crippen molar-refractivity contribution in [2.24, 2.45) is 17.8 Å². The third-order valence-corrected chi connectivity index (χ3v) is 7.96. The first-order valence-corrected chi connectivity index (χ1v) is 13.0. The molecule has 2 aromatic carbocycles. The van der Waals surface area contributed by atoms with Crippen LogP contribution >= 0.6 is 0 Å². The van der Waals surface area contributed by atoms with Crippen LogP contribution in [0.15, 0.2) is 59.4 Å². The maximum absolute atomic E-state index is 13.4. The number of aromatic nitrogens is 2. The highest BCUT2D eigenvalue weighted by molar-refractivity contribution is 5.87. The molecule has 5 rings (SSSR count). The van der Waals surface area contributed by atoms with Gasteiger partial charge in [0, 0.05) is 17.3 Å². The predicted octanol–water partition coefficient (Wildman–Crippen LogP) is 5.16. The Morgan fingerprint density at radius 3 is 2.32 bits per heavy atom. The topological polar surface area (TPSA) is 105 Å². The van der Waals surface area contributed by atoms with Gasteiger partial charge in [-0.25, -0.2) is 10.2 Å². The van der Waals surface area contributed by atoms with Crippen LogP contribution in [0.1, 0.15) is 70.2 Å². The van der Waals surface area contributed by atoms with Crippen LogP contribution in [0.3, 0.4) is 0 Å². The van der Waals surface area contributed by atoms with Crippen LogP contribution in [0.2, 0.25) is 0 Å². The monoisotopic (exact) mass is 502 g/mol. The van der Waals surface area contributed by atoms with Gasteiger partial charge in [-0.3, -0.25) is 14.5 Å². The second-order valence-corrected chi connectivity index (χ2v) is 11.5. The van der Waals surface area contributed by atoms with Crippen molar-refractivity contribution in [1.29, 1.82) is 0 Å². The van der Waals surface area contributed by atoms with E-state index in [9.17, 15) is 19.5 Å². The van der Waals surface area contributed by atoms with Crippen molar-refractivity contribution in [3.8, 4) is 0 Å².